The molecule has 0 fully saturated rings. The summed E-state index contributed by atoms with van der Waals surface area (Å²) >= 11 is 2.57. The standard InChI is InChI=1S/C29H20N4O2S2/c1-19-14-16-22(17-15-19)33-29(37-27(31-33)26(34)23-13-8-18-36-23)24-25(20-9-4-2-5-10-20)30-32(28(24)35)21-11-6-3-7-12-21/h2-18H,1H3/b29-24+. The number of thiophene rings is 1. The fraction of sp³-hybridized carbons (Fsp3) is 0.0345. The smallest absolute Gasteiger partial charge is 0.283 e. The number of ketones is 1. The van der Waals surface area contributed by atoms with Gasteiger partial charge in [-0.05, 0) is 54.4 Å². The van der Waals surface area contributed by atoms with Crippen molar-refractivity contribution >= 4 is 56.9 Å². The minimum absolute atomic E-state index is 0.170. The van der Waals surface area contributed by atoms with Gasteiger partial charge < -0.3 is 0 Å². The molecule has 37 heavy (non-hydrogen) atoms. The highest BCUT2D eigenvalue weighted by atomic mass is 32.2. The second-order valence-electron chi connectivity index (χ2n) is 8.41. The summed E-state index contributed by atoms with van der Waals surface area (Å²) in [7, 11) is 0. The first-order valence-corrected chi connectivity index (χ1v) is 13.3. The lowest BCUT2D eigenvalue weighted by molar-refractivity contribution is -0.114. The molecule has 8 heteroatoms. The fourth-order valence-electron chi connectivity index (χ4n) is 4.05. The first kappa shape index (κ1) is 23.1. The average Bonchev–Trinajstić information content (AvgIpc) is 3.69. The van der Waals surface area contributed by atoms with Crippen LogP contribution in [0.15, 0.2) is 123 Å². The van der Waals surface area contributed by atoms with Crippen LogP contribution in [-0.4, -0.2) is 22.4 Å². The second kappa shape index (κ2) is 9.65. The third kappa shape index (κ3) is 4.30. The lowest BCUT2D eigenvalue weighted by Crippen LogP contribution is -2.24. The Bertz CT molecular complexity index is 1580. The summed E-state index contributed by atoms with van der Waals surface area (Å²) in [6.45, 7) is 2.01. The molecule has 0 bridgehead atoms. The summed E-state index contributed by atoms with van der Waals surface area (Å²) in [5, 5.41) is 15.3. The van der Waals surface area contributed by atoms with Gasteiger partial charge in [0.2, 0.25) is 5.78 Å². The van der Waals surface area contributed by atoms with Gasteiger partial charge in [-0.1, -0.05) is 72.3 Å². The molecule has 2 aliphatic heterocycles. The van der Waals surface area contributed by atoms with E-state index in [9.17, 15) is 9.59 Å². The third-order valence-electron chi connectivity index (χ3n) is 5.90. The molecule has 3 aromatic carbocycles. The van der Waals surface area contributed by atoms with Gasteiger partial charge in [0, 0.05) is 5.56 Å². The zero-order valence-electron chi connectivity index (χ0n) is 19.7. The predicted octanol–water partition coefficient (Wildman–Crippen LogP) is 6.47. The summed E-state index contributed by atoms with van der Waals surface area (Å²) in [4.78, 5) is 27.9. The van der Waals surface area contributed by atoms with E-state index in [4.69, 9.17) is 10.2 Å². The van der Waals surface area contributed by atoms with Gasteiger partial charge in [-0.25, -0.2) is 5.01 Å². The minimum Gasteiger partial charge on any atom is -0.285 e. The molecule has 0 N–H and O–H groups in total. The van der Waals surface area contributed by atoms with Crippen LogP contribution in [0.25, 0.3) is 0 Å². The number of Topliss-reactive ketones (excluding diaryl/α,β-unsaturated/α-hetero) is 1. The van der Waals surface area contributed by atoms with Gasteiger partial charge in [0.05, 0.1) is 16.3 Å². The third-order valence-corrected chi connectivity index (χ3v) is 7.80. The summed E-state index contributed by atoms with van der Waals surface area (Å²) in [5.41, 5.74) is 4.26. The Balaban J connectivity index is 1.53. The molecule has 0 unspecified atom stereocenters. The highest BCUT2D eigenvalue weighted by Gasteiger charge is 2.40. The van der Waals surface area contributed by atoms with Gasteiger partial charge in [0.25, 0.3) is 5.91 Å². The molecule has 1 aromatic heterocycles. The zero-order chi connectivity index (χ0) is 25.4. The van der Waals surface area contributed by atoms with Crippen LogP contribution in [0.3, 0.4) is 0 Å². The molecule has 6 nitrogen and oxygen atoms in total. The number of nitrogens with zero attached hydrogens (tertiary/aromatic N) is 4. The van der Waals surface area contributed by atoms with Crippen LogP contribution in [0.1, 0.15) is 20.8 Å². The minimum atomic E-state index is -0.273. The van der Waals surface area contributed by atoms with Crippen molar-refractivity contribution in [1.29, 1.82) is 0 Å². The first-order chi connectivity index (χ1) is 18.1. The summed E-state index contributed by atoms with van der Waals surface area (Å²) in [6.07, 6.45) is 0. The number of hydrogen-bond donors (Lipinski definition) is 0. The summed E-state index contributed by atoms with van der Waals surface area (Å²) in [5.74, 6) is -0.444. The fourth-order valence-corrected chi connectivity index (χ4v) is 5.81. The quantitative estimate of drug-likeness (QED) is 0.224. The van der Waals surface area contributed by atoms with E-state index in [1.54, 1.807) is 11.1 Å². The number of anilines is 2. The highest BCUT2D eigenvalue weighted by Crippen LogP contribution is 2.41. The molecular formula is C29H20N4O2S2. The number of rotatable bonds is 5. The lowest BCUT2D eigenvalue weighted by atomic mass is 10.0. The molecule has 3 heterocycles. The van der Waals surface area contributed by atoms with Crippen LogP contribution in [0.2, 0.25) is 0 Å². The van der Waals surface area contributed by atoms with Crippen LogP contribution in [0.5, 0.6) is 0 Å². The molecule has 0 aliphatic carbocycles. The van der Waals surface area contributed by atoms with E-state index >= 15 is 0 Å². The van der Waals surface area contributed by atoms with Gasteiger partial charge in [-0.15, -0.1) is 11.3 Å². The maximum Gasteiger partial charge on any atom is 0.283 e. The maximum absolute atomic E-state index is 14.0. The van der Waals surface area contributed by atoms with E-state index in [-0.39, 0.29) is 11.7 Å². The number of carbonyl (C=O) groups is 2. The van der Waals surface area contributed by atoms with Crippen molar-refractivity contribution in [3.8, 4) is 0 Å². The number of para-hydroxylation sites is 1. The predicted molar refractivity (Wildman–Crippen MR) is 151 cm³/mol. The van der Waals surface area contributed by atoms with Crippen molar-refractivity contribution in [3.63, 3.8) is 0 Å². The Hall–Kier alpha value is -4.27. The molecule has 0 saturated heterocycles. The van der Waals surface area contributed by atoms with Crippen molar-refractivity contribution in [3.05, 3.63) is 129 Å². The Kier molecular flexibility index (Phi) is 6.04. The van der Waals surface area contributed by atoms with E-state index in [1.165, 1.54) is 28.1 Å². The molecule has 4 aromatic rings. The molecule has 180 valence electrons. The van der Waals surface area contributed by atoms with E-state index in [0.717, 1.165) is 16.8 Å². The van der Waals surface area contributed by atoms with Gasteiger partial charge in [0.1, 0.15) is 16.3 Å². The molecule has 0 spiro atoms. The average molecular weight is 521 g/mol. The molecule has 0 atom stereocenters. The number of carbonyl (C=O) groups excluding carboxylic acids is 2. The molecule has 6 rings (SSSR count). The largest absolute Gasteiger partial charge is 0.285 e. The van der Waals surface area contributed by atoms with Crippen LogP contribution < -0.4 is 10.0 Å². The van der Waals surface area contributed by atoms with Gasteiger partial charge in [0.15, 0.2) is 5.04 Å². The molecule has 1 amide bonds. The number of thioether (sulfide) groups is 1. The first-order valence-electron chi connectivity index (χ1n) is 11.6. The van der Waals surface area contributed by atoms with Crippen LogP contribution in [-0.2, 0) is 4.79 Å². The lowest BCUT2D eigenvalue weighted by Gasteiger charge is -2.18. The Morgan fingerprint density at radius 3 is 2.11 bits per heavy atom. The van der Waals surface area contributed by atoms with Crippen molar-refractivity contribution in [2.45, 2.75) is 6.92 Å². The molecular weight excluding hydrogens is 500 g/mol. The Morgan fingerprint density at radius 2 is 1.43 bits per heavy atom. The number of amides is 1. The topological polar surface area (TPSA) is 65.3 Å². The SMILES string of the molecule is Cc1ccc(N2N=C(C(=O)c3cccs3)S/C2=C2/C(=O)N(c3ccccc3)N=C2c2ccccc2)cc1. The van der Waals surface area contributed by atoms with E-state index in [1.807, 2.05) is 103 Å². The number of hydrogen-bond acceptors (Lipinski definition) is 7. The second-order valence-corrected chi connectivity index (χ2v) is 10.3. The van der Waals surface area contributed by atoms with E-state index in [2.05, 4.69) is 0 Å². The number of hydrazone groups is 2. The zero-order valence-corrected chi connectivity index (χ0v) is 21.4. The maximum atomic E-state index is 14.0. The highest BCUT2D eigenvalue weighted by molar-refractivity contribution is 8.19. The van der Waals surface area contributed by atoms with E-state index in [0.29, 0.717) is 31.9 Å². The van der Waals surface area contributed by atoms with Crippen molar-refractivity contribution in [2.75, 3.05) is 10.0 Å². The van der Waals surface area contributed by atoms with Crippen LogP contribution >= 0.6 is 23.1 Å². The number of aryl methyl sites for hydroxylation is 1. The number of benzene rings is 3. The molecule has 0 saturated carbocycles. The summed E-state index contributed by atoms with van der Waals surface area (Å²) < 4.78 is 0. The normalized spacial score (nSPS) is 17.3. The van der Waals surface area contributed by atoms with Crippen molar-refractivity contribution < 1.29 is 9.59 Å². The van der Waals surface area contributed by atoms with Gasteiger partial charge in [-0.3, -0.25) is 9.59 Å². The van der Waals surface area contributed by atoms with Crippen molar-refractivity contribution in [1.82, 2.24) is 0 Å². The van der Waals surface area contributed by atoms with E-state index < -0.39 is 0 Å². The molecule has 0 radical (unpaired) electrons. The summed E-state index contributed by atoms with van der Waals surface area (Å²) in [6, 6.07) is 30.4. The van der Waals surface area contributed by atoms with Gasteiger partial charge in [-0.2, -0.15) is 15.2 Å². The van der Waals surface area contributed by atoms with Gasteiger partial charge >= 0.3 is 0 Å². The van der Waals surface area contributed by atoms with Crippen LogP contribution in [0, 0.1) is 6.92 Å². The Morgan fingerprint density at radius 1 is 0.757 bits per heavy atom. The van der Waals surface area contributed by atoms with Crippen molar-refractivity contribution in [2.24, 2.45) is 10.2 Å². The monoisotopic (exact) mass is 520 g/mol. The molecule has 2 aliphatic rings. The Labute approximate surface area is 222 Å². The van der Waals surface area contributed by atoms with Crippen LogP contribution in [0.4, 0.5) is 11.4 Å².